The molecule has 0 bridgehead atoms. The van der Waals surface area contributed by atoms with Crippen molar-refractivity contribution in [1.29, 1.82) is 0 Å². The van der Waals surface area contributed by atoms with E-state index in [0.29, 0.717) is 12.1 Å². The van der Waals surface area contributed by atoms with E-state index in [0.717, 1.165) is 0 Å². The van der Waals surface area contributed by atoms with E-state index in [4.69, 9.17) is 5.11 Å². The average molecular weight is 250 g/mol. The number of hydrogen-bond donors (Lipinski definition) is 2. The van der Waals surface area contributed by atoms with Gasteiger partial charge in [-0.25, -0.2) is 0 Å². The zero-order chi connectivity index (χ0) is 13.3. The maximum Gasteiger partial charge on any atom is 0.307 e. The zero-order valence-corrected chi connectivity index (χ0v) is 9.20. The molecule has 1 fully saturated rings. The molecule has 1 aliphatic carbocycles. The molecular formula is C11H10N2O5. The third kappa shape index (κ3) is 2.45. The quantitative estimate of drug-likeness (QED) is 0.617. The fourth-order valence-corrected chi connectivity index (χ4v) is 1.66. The summed E-state index contributed by atoms with van der Waals surface area (Å²) >= 11 is 0. The number of nitro benzene ring substituents is 1. The lowest BCUT2D eigenvalue weighted by atomic mass is 10.2. The molecule has 0 aliphatic heterocycles. The Kier molecular flexibility index (Phi) is 2.97. The van der Waals surface area contributed by atoms with Crippen LogP contribution in [0.15, 0.2) is 24.3 Å². The second-order valence-electron chi connectivity index (χ2n) is 4.08. The number of carboxylic acid groups (broad SMARTS) is 1. The van der Waals surface area contributed by atoms with Crippen LogP contribution >= 0.6 is 0 Å². The molecule has 2 rings (SSSR count). The predicted molar refractivity (Wildman–Crippen MR) is 61.0 cm³/mol. The number of carboxylic acids is 1. The monoisotopic (exact) mass is 250 g/mol. The van der Waals surface area contributed by atoms with E-state index in [1.54, 1.807) is 0 Å². The minimum absolute atomic E-state index is 0.0668. The highest BCUT2D eigenvalue weighted by Crippen LogP contribution is 2.39. The third-order valence-corrected chi connectivity index (χ3v) is 2.79. The Hall–Kier alpha value is -2.44. The van der Waals surface area contributed by atoms with Gasteiger partial charge in [0.05, 0.1) is 16.8 Å². The van der Waals surface area contributed by atoms with Gasteiger partial charge in [-0.05, 0) is 18.6 Å². The molecule has 0 saturated heterocycles. The number of non-ortho nitro benzene ring substituents is 1. The van der Waals surface area contributed by atoms with Crippen molar-refractivity contribution >= 4 is 23.3 Å². The predicted octanol–water partition coefficient (Wildman–Crippen LogP) is 1.25. The molecule has 0 aromatic heterocycles. The first-order chi connectivity index (χ1) is 8.49. The molecule has 1 saturated carbocycles. The second kappa shape index (κ2) is 4.44. The molecule has 7 nitrogen and oxygen atoms in total. The van der Waals surface area contributed by atoms with Crippen molar-refractivity contribution in [3.63, 3.8) is 0 Å². The molecule has 2 atom stereocenters. The van der Waals surface area contributed by atoms with Crippen molar-refractivity contribution in [2.75, 3.05) is 5.32 Å². The summed E-state index contributed by atoms with van der Waals surface area (Å²) in [6.07, 6.45) is 0.341. The number of carbonyl (C=O) groups excluding carboxylic acids is 1. The van der Waals surface area contributed by atoms with Crippen molar-refractivity contribution in [2.24, 2.45) is 11.8 Å². The molecule has 1 aliphatic rings. The Balaban J connectivity index is 1.96. The number of benzene rings is 1. The van der Waals surface area contributed by atoms with Crippen molar-refractivity contribution in [1.82, 2.24) is 0 Å². The number of nitrogens with zero attached hydrogens (tertiary/aromatic N) is 1. The molecule has 0 heterocycles. The van der Waals surface area contributed by atoms with E-state index in [-0.39, 0.29) is 11.6 Å². The minimum Gasteiger partial charge on any atom is -0.481 e. The van der Waals surface area contributed by atoms with Crippen LogP contribution in [-0.2, 0) is 9.59 Å². The Labute approximate surface area is 102 Å². The van der Waals surface area contributed by atoms with E-state index >= 15 is 0 Å². The summed E-state index contributed by atoms with van der Waals surface area (Å²) in [6, 6.07) is 5.37. The molecule has 2 N–H and O–H groups in total. The van der Waals surface area contributed by atoms with Gasteiger partial charge in [0.1, 0.15) is 0 Å². The van der Waals surface area contributed by atoms with Crippen LogP contribution in [0.2, 0.25) is 0 Å². The van der Waals surface area contributed by atoms with Crippen molar-refractivity contribution < 1.29 is 19.6 Å². The number of amides is 1. The molecular weight excluding hydrogens is 240 g/mol. The van der Waals surface area contributed by atoms with Crippen LogP contribution in [-0.4, -0.2) is 21.9 Å². The summed E-state index contributed by atoms with van der Waals surface area (Å²) in [6.45, 7) is 0. The van der Waals surface area contributed by atoms with Crippen LogP contribution in [0.1, 0.15) is 6.42 Å². The number of aliphatic carboxylic acids is 1. The number of rotatable bonds is 4. The molecule has 0 unspecified atom stereocenters. The second-order valence-corrected chi connectivity index (χ2v) is 4.08. The first kappa shape index (κ1) is 12.0. The van der Waals surface area contributed by atoms with Crippen molar-refractivity contribution in [3.05, 3.63) is 34.4 Å². The van der Waals surface area contributed by atoms with Gasteiger partial charge in [-0.15, -0.1) is 0 Å². The van der Waals surface area contributed by atoms with Gasteiger partial charge in [0.2, 0.25) is 5.91 Å². The summed E-state index contributed by atoms with van der Waals surface area (Å²) in [7, 11) is 0. The summed E-state index contributed by atoms with van der Waals surface area (Å²) in [5.41, 5.74) is 0.351. The molecule has 0 spiro atoms. The Bertz CT molecular complexity index is 511. The SMILES string of the molecule is O=C(O)[C@@H]1C[C@H]1C(=O)Nc1ccc([N+](=O)[O-])cc1. The summed E-state index contributed by atoms with van der Waals surface area (Å²) in [4.78, 5) is 32.1. The van der Waals surface area contributed by atoms with Gasteiger partial charge < -0.3 is 10.4 Å². The molecule has 18 heavy (non-hydrogen) atoms. The van der Waals surface area contributed by atoms with Crippen molar-refractivity contribution in [2.45, 2.75) is 6.42 Å². The number of hydrogen-bond acceptors (Lipinski definition) is 4. The van der Waals surface area contributed by atoms with E-state index in [1.165, 1.54) is 24.3 Å². The summed E-state index contributed by atoms with van der Waals surface area (Å²) < 4.78 is 0. The smallest absolute Gasteiger partial charge is 0.307 e. The first-order valence-electron chi connectivity index (χ1n) is 5.27. The van der Waals surface area contributed by atoms with Crippen LogP contribution in [0, 0.1) is 22.0 Å². The van der Waals surface area contributed by atoms with Crippen LogP contribution in [0.25, 0.3) is 0 Å². The molecule has 1 amide bonds. The number of anilines is 1. The van der Waals surface area contributed by atoms with E-state index in [2.05, 4.69) is 5.32 Å². The van der Waals surface area contributed by atoms with Crippen LogP contribution < -0.4 is 5.32 Å². The van der Waals surface area contributed by atoms with E-state index in [1.807, 2.05) is 0 Å². The zero-order valence-electron chi connectivity index (χ0n) is 9.20. The van der Waals surface area contributed by atoms with Gasteiger partial charge in [-0.3, -0.25) is 19.7 Å². The Morgan fingerprint density at radius 3 is 2.33 bits per heavy atom. The molecule has 7 heteroatoms. The molecule has 94 valence electrons. The first-order valence-corrected chi connectivity index (χ1v) is 5.27. The molecule has 0 radical (unpaired) electrons. The fourth-order valence-electron chi connectivity index (χ4n) is 1.66. The number of nitrogens with one attached hydrogen (secondary N) is 1. The van der Waals surface area contributed by atoms with Gasteiger partial charge in [0.25, 0.3) is 5.69 Å². The molecule has 1 aromatic carbocycles. The number of nitro groups is 1. The Morgan fingerprint density at radius 2 is 1.89 bits per heavy atom. The largest absolute Gasteiger partial charge is 0.481 e. The highest BCUT2D eigenvalue weighted by molar-refractivity contribution is 5.98. The van der Waals surface area contributed by atoms with Gasteiger partial charge in [-0.1, -0.05) is 0 Å². The minimum atomic E-state index is -0.973. The topological polar surface area (TPSA) is 110 Å². The van der Waals surface area contributed by atoms with E-state index in [9.17, 15) is 19.7 Å². The van der Waals surface area contributed by atoms with Crippen LogP contribution in [0.4, 0.5) is 11.4 Å². The van der Waals surface area contributed by atoms with Crippen molar-refractivity contribution in [3.8, 4) is 0 Å². The van der Waals surface area contributed by atoms with Crippen LogP contribution in [0.3, 0.4) is 0 Å². The summed E-state index contributed by atoms with van der Waals surface area (Å²) in [5.74, 6) is -2.45. The highest BCUT2D eigenvalue weighted by Gasteiger charge is 2.48. The normalized spacial score (nSPS) is 21.1. The average Bonchev–Trinajstić information content (AvgIpc) is 3.09. The maximum atomic E-state index is 11.6. The van der Waals surface area contributed by atoms with Gasteiger partial charge >= 0.3 is 5.97 Å². The Morgan fingerprint density at radius 1 is 1.28 bits per heavy atom. The fraction of sp³-hybridized carbons (Fsp3) is 0.273. The lowest BCUT2D eigenvalue weighted by molar-refractivity contribution is -0.384. The van der Waals surface area contributed by atoms with Gasteiger partial charge in [-0.2, -0.15) is 0 Å². The maximum absolute atomic E-state index is 11.6. The van der Waals surface area contributed by atoms with Gasteiger partial charge in [0.15, 0.2) is 0 Å². The number of carbonyl (C=O) groups is 2. The summed E-state index contributed by atoms with van der Waals surface area (Å²) in [5, 5.41) is 21.6. The highest BCUT2D eigenvalue weighted by atomic mass is 16.6. The standard InChI is InChI=1S/C11H10N2O5/c14-10(8-5-9(8)11(15)16)12-6-1-3-7(4-2-6)13(17)18/h1-4,8-9H,5H2,(H,12,14)(H,15,16)/t8-,9-/m1/s1. The van der Waals surface area contributed by atoms with Crippen LogP contribution in [0.5, 0.6) is 0 Å². The lowest BCUT2D eigenvalue weighted by Gasteiger charge is -2.03. The van der Waals surface area contributed by atoms with E-state index < -0.39 is 22.7 Å². The third-order valence-electron chi connectivity index (χ3n) is 2.79. The van der Waals surface area contributed by atoms with Gasteiger partial charge in [0, 0.05) is 17.8 Å². The lowest BCUT2D eigenvalue weighted by Crippen LogP contribution is -2.16. The molecule has 1 aromatic rings.